The van der Waals surface area contributed by atoms with E-state index in [0.717, 1.165) is 44.9 Å². The Hall–Kier alpha value is -0.370. The number of Topliss-reactive ketones (excluding diaryl/α,β-unsaturated/α-hetero) is 1. The molecule has 0 aromatic heterocycles. The quantitative estimate of drug-likeness (QED) is 0.136. The van der Waals surface area contributed by atoms with Crippen LogP contribution in [0.3, 0.4) is 0 Å². The average molecular weight is 439 g/mol. The van der Waals surface area contributed by atoms with Crippen molar-refractivity contribution in [1.82, 2.24) is 0 Å². The van der Waals surface area contributed by atoms with Crippen molar-refractivity contribution in [3.63, 3.8) is 0 Å². The van der Waals surface area contributed by atoms with Crippen LogP contribution >= 0.6 is 0 Å². The Morgan fingerprint density at radius 1 is 0.484 bits per heavy atom. The van der Waals surface area contributed by atoms with E-state index < -0.39 is 0 Å². The highest BCUT2D eigenvalue weighted by Crippen LogP contribution is 2.15. The minimum Gasteiger partial charge on any atom is -0.393 e. The van der Waals surface area contributed by atoms with E-state index in [9.17, 15) is 9.90 Å². The number of ketones is 1. The van der Waals surface area contributed by atoms with E-state index in [0.29, 0.717) is 5.78 Å². The SMILES string of the molecule is CCCCCCCCCCCC(=O)CCCCCCCCCCCCCC(O)CCC. The average Bonchev–Trinajstić information content (AvgIpc) is 2.76. The van der Waals surface area contributed by atoms with Crippen LogP contribution in [-0.2, 0) is 4.79 Å². The van der Waals surface area contributed by atoms with E-state index >= 15 is 0 Å². The van der Waals surface area contributed by atoms with Gasteiger partial charge in [0.15, 0.2) is 0 Å². The van der Waals surface area contributed by atoms with E-state index in [1.165, 1.54) is 116 Å². The van der Waals surface area contributed by atoms with Crippen LogP contribution in [-0.4, -0.2) is 17.0 Å². The summed E-state index contributed by atoms with van der Waals surface area (Å²) in [7, 11) is 0. The topological polar surface area (TPSA) is 37.3 Å². The third kappa shape index (κ3) is 25.8. The van der Waals surface area contributed by atoms with Gasteiger partial charge in [-0.3, -0.25) is 4.79 Å². The number of aliphatic hydroxyl groups is 1. The van der Waals surface area contributed by atoms with Crippen LogP contribution in [0.15, 0.2) is 0 Å². The van der Waals surface area contributed by atoms with Gasteiger partial charge in [-0.05, 0) is 25.7 Å². The number of hydrogen-bond donors (Lipinski definition) is 1. The fourth-order valence-corrected chi connectivity index (χ4v) is 4.53. The minimum atomic E-state index is -0.0600. The Labute approximate surface area is 196 Å². The van der Waals surface area contributed by atoms with Crippen LogP contribution in [0.4, 0.5) is 0 Å². The number of carbonyl (C=O) groups is 1. The molecule has 186 valence electrons. The third-order valence-electron chi connectivity index (χ3n) is 6.67. The molecule has 2 nitrogen and oxygen atoms in total. The molecule has 0 saturated carbocycles. The number of carbonyl (C=O) groups excluding carboxylic acids is 1. The number of aliphatic hydroxyl groups excluding tert-OH is 1. The van der Waals surface area contributed by atoms with Crippen molar-refractivity contribution in [2.75, 3.05) is 0 Å². The van der Waals surface area contributed by atoms with E-state index in [1.54, 1.807) is 0 Å². The summed E-state index contributed by atoms with van der Waals surface area (Å²) < 4.78 is 0. The summed E-state index contributed by atoms with van der Waals surface area (Å²) in [6.07, 6.45) is 30.9. The van der Waals surface area contributed by atoms with E-state index in [-0.39, 0.29) is 6.10 Å². The Morgan fingerprint density at radius 2 is 0.839 bits per heavy atom. The molecule has 0 aromatic rings. The minimum absolute atomic E-state index is 0.0600. The van der Waals surface area contributed by atoms with E-state index in [4.69, 9.17) is 0 Å². The third-order valence-corrected chi connectivity index (χ3v) is 6.67. The summed E-state index contributed by atoms with van der Waals surface area (Å²) in [6, 6.07) is 0. The summed E-state index contributed by atoms with van der Waals surface area (Å²) in [5, 5.41) is 9.72. The van der Waals surface area contributed by atoms with Gasteiger partial charge in [-0.15, -0.1) is 0 Å². The zero-order valence-electron chi connectivity index (χ0n) is 21.6. The van der Waals surface area contributed by atoms with Crippen molar-refractivity contribution in [1.29, 1.82) is 0 Å². The predicted molar refractivity (Wildman–Crippen MR) is 138 cm³/mol. The first-order chi connectivity index (χ1) is 15.2. The fraction of sp³-hybridized carbons (Fsp3) is 0.966. The molecule has 0 spiro atoms. The van der Waals surface area contributed by atoms with Crippen molar-refractivity contribution >= 4 is 5.78 Å². The smallest absolute Gasteiger partial charge is 0.132 e. The molecule has 1 N–H and O–H groups in total. The molecule has 0 saturated heterocycles. The molecular weight excluding hydrogens is 380 g/mol. The molecule has 0 heterocycles. The molecule has 0 aromatic carbocycles. The van der Waals surface area contributed by atoms with Crippen LogP contribution < -0.4 is 0 Å². The second-order valence-electron chi connectivity index (χ2n) is 9.99. The van der Waals surface area contributed by atoms with Gasteiger partial charge < -0.3 is 5.11 Å². The molecule has 0 aliphatic carbocycles. The lowest BCUT2D eigenvalue weighted by atomic mass is 10.0. The van der Waals surface area contributed by atoms with Gasteiger partial charge in [0.25, 0.3) is 0 Å². The zero-order valence-corrected chi connectivity index (χ0v) is 21.6. The molecule has 1 unspecified atom stereocenters. The maximum absolute atomic E-state index is 12.0. The largest absolute Gasteiger partial charge is 0.393 e. The van der Waals surface area contributed by atoms with E-state index in [1.807, 2.05) is 0 Å². The van der Waals surface area contributed by atoms with Crippen LogP contribution in [0.2, 0.25) is 0 Å². The van der Waals surface area contributed by atoms with Crippen LogP contribution in [0.5, 0.6) is 0 Å². The summed E-state index contributed by atoms with van der Waals surface area (Å²) in [5.41, 5.74) is 0. The first-order valence-electron chi connectivity index (χ1n) is 14.4. The Bertz CT molecular complexity index is 353. The van der Waals surface area contributed by atoms with Crippen molar-refractivity contribution in [2.24, 2.45) is 0 Å². The highest BCUT2D eigenvalue weighted by atomic mass is 16.3. The summed E-state index contributed by atoms with van der Waals surface area (Å²) in [5.74, 6) is 0.505. The van der Waals surface area contributed by atoms with Crippen LogP contribution in [0, 0.1) is 0 Å². The summed E-state index contributed by atoms with van der Waals surface area (Å²) >= 11 is 0. The van der Waals surface area contributed by atoms with Gasteiger partial charge in [0.05, 0.1) is 6.10 Å². The van der Waals surface area contributed by atoms with Crippen LogP contribution in [0.25, 0.3) is 0 Å². The summed E-state index contributed by atoms with van der Waals surface area (Å²) in [6.45, 7) is 4.41. The number of rotatable bonds is 26. The van der Waals surface area contributed by atoms with E-state index in [2.05, 4.69) is 13.8 Å². The van der Waals surface area contributed by atoms with Gasteiger partial charge in [-0.25, -0.2) is 0 Å². The molecule has 0 amide bonds. The predicted octanol–water partition coefficient (Wildman–Crippen LogP) is 9.71. The Morgan fingerprint density at radius 3 is 1.23 bits per heavy atom. The Kier molecular flexibility index (Phi) is 25.6. The highest BCUT2D eigenvalue weighted by molar-refractivity contribution is 5.78. The highest BCUT2D eigenvalue weighted by Gasteiger charge is 2.03. The number of unbranched alkanes of at least 4 members (excludes halogenated alkanes) is 18. The maximum atomic E-state index is 12.0. The van der Waals surface area contributed by atoms with Crippen molar-refractivity contribution < 1.29 is 9.90 Å². The van der Waals surface area contributed by atoms with Gasteiger partial charge in [-0.1, -0.05) is 136 Å². The zero-order chi connectivity index (χ0) is 22.8. The molecule has 0 radical (unpaired) electrons. The molecule has 31 heavy (non-hydrogen) atoms. The fourth-order valence-electron chi connectivity index (χ4n) is 4.53. The van der Waals surface area contributed by atoms with Crippen molar-refractivity contribution in [3.05, 3.63) is 0 Å². The molecule has 2 heteroatoms. The van der Waals surface area contributed by atoms with Crippen molar-refractivity contribution in [3.8, 4) is 0 Å². The van der Waals surface area contributed by atoms with Crippen molar-refractivity contribution in [2.45, 2.75) is 180 Å². The molecule has 1 atom stereocenters. The molecule has 0 aliphatic heterocycles. The first-order valence-corrected chi connectivity index (χ1v) is 14.4. The lowest BCUT2D eigenvalue weighted by Gasteiger charge is -2.08. The molecule has 0 rings (SSSR count). The van der Waals surface area contributed by atoms with Crippen LogP contribution in [0.1, 0.15) is 174 Å². The van der Waals surface area contributed by atoms with Gasteiger partial charge in [0.1, 0.15) is 5.78 Å². The standard InChI is InChI=1S/C29H58O2/c1-3-5-6-7-8-12-15-19-22-26-29(31)27-23-20-17-14-11-9-10-13-16-18-21-25-28(30)24-4-2/h28,30H,3-27H2,1-2H3. The lowest BCUT2D eigenvalue weighted by molar-refractivity contribution is -0.119. The monoisotopic (exact) mass is 438 g/mol. The number of hydrogen-bond acceptors (Lipinski definition) is 2. The molecular formula is C29H58O2. The first kappa shape index (κ1) is 30.6. The molecule has 0 bridgehead atoms. The van der Waals surface area contributed by atoms with Gasteiger partial charge in [0, 0.05) is 12.8 Å². The molecule has 0 fully saturated rings. The maximum Gasteiger partial charge on any atom is 0.132 e. The van der Waals surface area contributed by atoms with Gasteiger partial charge in [-0.2, -0.15) is 0 Å². The second kappa shape index (κ2) is 25.9. The Balaban J connectivity index is 3.17. The molecule has 0 aliphatic rings. The van der Waals surface area contributed by atoms with Gasteiger partial charge in [0.2, 0.25) is 0 Å². The lowest BCUT2D eigenvalue weighted by Crippen LogP contribution is -2.04. The second-order valence-corrected chi connectivity index (χ2v) is 9.99. The normalized spacial score (nSPS) is 12.4. The summed E-state index contributed by atoms with van der Waals surface area (Å²) in [4.78, 5) is 12.0. The van der Waals surface area contributed by atoms with Gasteiger partial charge >= 0.3 is 0 Å².